The number of hydrogen-bond acceptors (Lipinski definition) is 3. The fourth-order valence-corrected chi connectivity index (χ4v) is 2.86. The molecule has 0 bridgehead atoms. The Labute approximate surface area is 119 Å². The molecule has 5 heteroatoms. The maximum atomic E-state index is 11.5. The minimum atomic E-state index is -0.0243. The molecular formula is C13H9Cl2NOS. The molecule has 0 spiro atoms. The Morgan fingerprint density at radius 1 is 1.28 bits per heavy atom. The first-order valence-electron chi connectivity index (χ1n) is 5.17. The number of halogens is 2. The highest BCUT2D eigenvalue weighted by molar-refractivity contribution is 7.99. The van der Waals surface area contributed by atoms with Crippen LogP contribution in [0.5, 0.6) is 0 Å². The van der Waals surface area contributed by atoms with Gasteiger partial charge in [0.1, 0.15) is 5.03 Å². The number of nitrogens with zero attached hydrogens (tertiary/aromatic N) is 1. The van der Waals surface area contributed by atoms with Crippen LogP contribution < -0.4 is 0 Å². The van der Waals surface area contributed by atoms with E-state index in [2.05, 4.69) is 4.98 Å². The van der Waals surface area contributed by atoms with E-state index in [-0.39, 0.29) is 5.78 Å². The molecule has 0 aliphatic carbocycles. The lowest BCUT2D eigenvalue weighted by Gasteiger charge is -2.07. The summed E-state index contributed by atoms with van der Waals surface area (Å²) in [6, 6.07) is 8.69. The minimum absolute atomic E-state index is 0.0243. The Balaban J connectivity index is 2.40. The van der Waals surface area contributed by atoms with Crippen molar-refractivity contribution < 1.29 is 4.79 Å². The summed E-state index contributed by atoms with van der Waals surface area (Å²) < 4.78 is 0. The van der Waals surface area contributed by atoms with Gasteiger partial charge in [0.15, 0.2) is 5.78 Å². The molecule has 0 fully saturated rings. The number of carbonyl (C=O) groups is 1. The van der Waals surface area contributed by atoms with E-state index in [4.69, 9.17) is 23.2 Å². The van der Waals surface area contributed by atoms with Crippen LogP contribution >= 0.6 is 35.0 Å². The van der Waals surface area contributed by atoms with Crippen molar-refractivity contribution in [2.24, 2.45) is 0 Å². The second-order valence-corrected chi connectivity index (χ2v) is 5.46. The van der Waals surface area contributed by atoms with Crippen LogP contribution in [0.4, 0.5) is 0 Å². The van der Waals surface area contributed by atoms with Crippen LogP contribution in [0.3, 0.4) is 0 Å². The summed E-state index contributed by atoms with van der Waals surface area (Å²) in [4.78, 5) is 16.5. The summed E-state index contributed by atoms with van der Waals surface area (Å²) in [6.07, 6.45) is 1.65. The molecule has 1 heterocycles. The van der Waals surface area contributed by atoms with Gasteiger partial charge in [0.05, 0.1) is 5.02 Å². The van der Waals surface area contributed by atoms with Crippen LogP contribution in [-0.2, 0) is 0 Å². The third kappa shape index (κ3) is 3.05. The molecule has 92 valence electrons. The predicted octanol–water partition coefficient (Wildman–Crippen LogP) is 4.74. The van der Waals surface area contributed by atoms with E-state index in [1.807, 2.05) is 0 Å². The second kappa shape index (κ2) is 5.74. The fraction of sp³-hybridized carbons (Fsp3) is 0.0769. The normalized spacial score (nSPS) is 10.4. The van der Waals surface area contributed by atoms with Crippen molar-refractivity contribution in [3.8, 4) is 0 Å². The van der Waals surface area contributed by atoms with E-state index in [0.29, 0.717) is 20.6 Å². The van der Waals surface area contributed by atoms with E-state index < -0.39 is 0 Å². The van der Waals surface area contributed by atoms with E-state index >= 15 is 0 Å². The lowest BCUT2D eigenvalue weighted by molar-refractivity contribution is 0.101. The van der Waals surface area contributed by atoms with Gasteiger partial charge in [-0.1, -0.05) is 35.0 Å². The van der Waals surface area contributed by atoms with Crippen molar-refractivity contribution >= 4 is 40.7 Å². The summed E-state index contributed by atoms with van der Waals surface area (Å²) in [7, 11) is 0. The Morgan fingerprint density at radius 3 is 2.78 bits per heavy atom. The molecule has 2 nitrogen and oxygen atoms in total. The smallest absolute Gasteiger partial charge is 0.162 e. The van der Waals surface area contributed by atoms with Crippen molar-refractivity contribution in [3.05, 3.63) is 52.1 Å². The number of benzene rings is 1. The number of ketones is 1. The van der Waals surface area contributed by atoms with Gasteiger partial charge in [-0.25, -0.2) is 4.98 Å². The zero-order valence-corrected chi connectivity index (χ0v) is 11.8. The largest absolute Gasteiger partial charge is 0.294 e. The highest BCUT2D eigenvalue weighted by Crippen LogP contribution is 2.35. The summed E-state index contributed by atoms with van der Waals surface area (Å²) in [5.41, 5.74) is 0.582. The Morgan fingerprint density at radius 2 is 2.06 bits per heavy atom. The van der Waals surface area contributed by atoms with Crippen molar-refractivity contribution in [3.63, 3.8) is 0 Å². The predicted molar refractivity (Wildman–Crippen MR) is 74.8 cm³/mol. The van der Waals surface area contributed by atoms with E-state index in [9.17, 15) is 4.79 Å². The molecule has 0 aliphatic rings. The zero-order chi connectivity index (χ0) is 13.1. The molecule has 0 aliphatic heterocycles. The molecule has 2 rings (SSSR count). The maximum Gasteiger partial charge on any atom is 0.162 e. The zero-order valence-electron chi connectivity index (χ0n) is 9.48. The lowest BCUT2D eigenvalue weighted by Crippen LogP contribution is -1.96. The van der Waals surface area contributed by atoms with Gasteiger partial charge >= 0.3 is 0 Å². The van der Waals surface area contributed by atoms with Gasteiger partial charge in [0.25, 0.3) is 0 Å². The molecule has 0 atom stereocenters. The van der Waals surface area contributed by atoms with Gasteiger partial charge in [0.2, 0.25) is 0 Å². The van der Waals surface area contributed by atoms with E-state index in [1.165, 1.54) is 18.7 Å². The number of hydrogen-bond donors (Lipinski definition) is 0. The SMILES string of the molecule is CC(=O)c1cccnc1Sc1cc(Cl)ccc1Cl. The van der Waals surface area contributed by atoms with Gasteiger partial charge in [-0.05, 0) is 37.3 Å². The molecule has 18 heavy (non-hydrogen) atoms. The van der Waals surface area contributed by atoms with Crippen molar-refractivity contribution in [1.82, 2.24) is 4.98 Å². The molecule has 0 unspecified atom stereocenters. The average molecular weight is 298 g/mol. The van der Waals surface area contributed by atoms with Gasteiger partial charge in [-0.15, -0.1) is 0 Å². The quantitative estimate of drug-likeness (QED) is 0.766. The van der Waals surface area contributed by atoms with Crippen LogP contribution in [0.15, 0.2) is 46.5 Å². The van der Waals surface area contributed by atoms with E-state index in [0.717, 1.165) is 4.90 Å². The summed E-state index contributed by atoms with van der Waals surface area (Å²) >= 11 is 13.3. The summed E-state index contributed by atoms with van der Waals surface area (Å²) in [6.45, 7) is 1.51. The first-order valence-corrected chi connectivity index (χ1v) is 6.74. The molecule has 0 amide bonds. The van der Waals surface area contributed by atoms with Crippen molar-refractivity contribution in [1.29, 1.82) is 0 Å². The van der Waals surface area contributed by atoms with Crippen molar-refractivity contribution in [2.75, 3.05) is 0 Å². The van der Waals surface area contributed by atoms with Crippen LogP contribution in [0.1, 0.15) is 17.3 Å². The molecule has 1 aromatic carbocycles. The van der Waals surface area contributed by atoms with E-state index in [1.54, 1.807) is 36.5 Å². The third-order valence-corrected chi connectivity index (χ3v) is 4.00. The number of rotatable bonds is 3. The molecule has 0 radical (unpaired) electrons. The number of Topliss-reactive ketones (excluding diaryl/α,β-unsaturated/α-hetero) is 1. The van der Waals surface area contributed by atoms with Crippen LogP contribution in [0.2, 0.25) is 10.0 Å². The van der Waals surface area contributed by atoms with Crippen LogP contribution in [0.25, 0.3) is 0 Å². The Bertz CT molecular complexity index is 601. The standard InChI is InChI=1S/C13H9Cl2NOS/c1-8(17)10-3-2-6-16-13(10)18-12-7-9(14)4-5-11(12)15/h2-7H,1H3. The summed E-state index contributed by atoms with van der Waals surface area (Å²) in [5, 5.41) is 1.82. The first-order chi connectivity index (χ1) is 8.58. The second-order valence-electron chi connectivity index (χ2n) is 3.59. The fourth-order valence-electron chi connectivity index (χ4n) is 1.40. The molecule has 0 saturated carbocycles. The minimum Gasteiger partial charge on any atom is -0.294 e. The summed E-state index contributed by atoms with van der Waals surface area (Å²) in [5.74, 6) is -0.0243. The monoisotopic (exact) mass is 297 g/mol. The molecule has 0 N–H and O–H groups in total. The van der Waals surface area contributed by atoms with Gasteiger partial charge < -0.3 is 0 Å². The Hall–Kier alpha value is -1.03. The lowest BCUT2D eigenvalue weighted by atomic mass is 10.2. The number of carbonyl (C=O) groups excluding carboxylic acids is 1. The van der Waals surface area contributed by atoms with Gasteiger partial charge in [-0.2, -0.15) is 0 Å². The third-order valence-electron chi connectivity index (χ3n) is 2.25. The topological polar surface area (TPSA) is 30.0 Å². The molecule has 1 aromatic heterocycles. The molecule has 2 aromatic rings. The van der Waals surface area contributed by atoms with Gasteiger partial charge in [0, 0.05) is 21.7 Å². The Kier molecular flexibility index (Phi) is 4.27. The first kappa shape index (κ1) is 13.4. The molecule has 0 saturated heterocycles. The number of pyridine rings is 1. The average Bonchev–Trinajstić information content (AvgIpc) is 2.34. The van der Waals surface area contributed by atoms with Crippen molar-refractivity contribution in [2.45, 2.75) is 16.8 Å². The van der Waals surface area contributed by atoms with Crippen LogP contribution in [0, 0.1) is 0 Å². The highest BCUT2D eigenvalue weighted by Gasteiger charge is 2.11. The maximum absolute atomic E-state index is 11.5. The van der Waals surface area contributed by atoms with Gasteiger partial charge in [-0.3, -0.25) is 4.79 Å². The van der Waals surface area contributed by atoms with Crippen LogP contribution in [-0.4, -0.2) is 10.8 Å². The highest BCUT2D eigenvalue weighted by atomic mass is 35.5. The number of aromatic nitrogens is 1. The molecular weight excluding hydrogens is 289 g/mol.